The van der Waals surface area contributed by atoms with Gasteiger partial charge in [-0.1, -0.05) is 42.5 Å². The lowest BCUT2D eigenvalue weighted by molar-refractivity contribution is 0.479. The fourth-order valence-corrected chi connectivity index (χ4v) is 4.01. The lowest BCUT2D eigenvalue weighted by atomic mass is 10.0. The van der Waals surface area contributed by atoms with Crippen molar-refractivity contribution in [1.82, 2.24) is 15.3 Å². The Kier molecular flexibility index (Phi) is 4.17. The highest BCUT2D eigenvalue weighted by Crippen LogP contribution is 2.29. The molecule has 3 nitrogen and oxygen atoms in total. The quantitative estimate of drug-likeness (QED) is 0.540. The lowest BCUT2D eigenvalue weighted by Crippen LogP contribution is -2.29. The molecule has 0 fully saturated rings. The highest BCUT2D eigenvalue weighted by atomic mass is 19.2. The summed E-state index contributed by atoms with van der Waals surface area (Å²) in [4.78, 5) is 7.15. The van der Waals surface area contributed by atoms with E-state index in [1.807, 2.05) is 12.1 Å². The molecule has 1 aromatic heterocycles. The Hall–Kier alpha value is -3.05. The summed E-state index contributed by atoms with van der Waals surface area (Å²) in [6, 6.07) is 17.2. The molecular weight excluding hydrogens is 356 g/mol. The fraction of sp³-hybridized carbons (Fsp3) is 0.174. The number of aromatic nitrogens is 2. The Morgan fingerprint density at radius 3 is 2.54 bits per heavy atom. The maximum absolute atomic E-state index is 14.8. The third-order valence-electron chi connectivity index (χ3n) is 5.53. The number of hydrogen-bond donors (Lipinski definition) is 2. The molecule has 5 rings (SSSR count). The van der Waals surface area contributed by atoms with Crippen molar-refractivity contribution in [3.05, 3.63) is 89.2 Å². The maximum Gasteiger partial charge on any atom is 0.166 e. The molecule has 4 aromatic rings. The number of rotatable bonds is 4. The normalized spacial score (nSPS) is 13.9. The van der Waals surface area contributed by atoms with Gasteiger partial charge in [0, 0.05) is 23.7 Å². The molecule has 28 heavy (non-hydrogen) atoms. The number of nitrogens with zero attached hydrogens (tertiary/aromatic N) is 1. The highest BCUT2D eigenvalue weighted by Gasteiger charge is 2.21. The van der Waals surface area contributed by atoms with Gasteiger partial charge in [-0.05, 0) is 41.7 Å². The molecule has 0 amide bonds. The van der Waals surface area contributed by atoms with Crippen LogP contribution in [0.3, 0.4) is 0 Å². The molecule has 2 N–H and O–H groups in total. The van der Waals surface area contributed by atoms with Gasteiger partial charge in [-0.15, -0.1) is 0 Å². The predicted molar refractivity (Wildman–Crippen MR) is 106 cm³/mol. The third-order valence-corrected chi connectivity index (χ3v) is 5.53. The Labute approximate surface area is 161 Å². The first kappa shape index (κ1) is 17.1. The number of benzene rings is 3. The molecule has 0 spiro atoms. The van der Waals surface area contributed by atoms with E-state index in [4.69, 9.17) is 0 Å². The molecule has 1 aliphatic carbocycles. The fourth-order valence-electron chi connectivity index (χ4n) is 4.01. The van der Waals surface area contributed by atoms with Crippen LogP contribution in [0.25, 0.3) is 22.2 Å². The second kappa shape index (κ2) is 6.84. The van der Waals surface area contributed by atoms with Crippen LogP contribution >= 0.6 is 0 Å². The standard InChI is InChI=1S/C23H19F2N3/c24-22-17(12-26-18-9-14-3-1-2-4-15(14)10-18)5-7-19(23(22)25)16-6-8-20-21(11-16)28-13-27-20/h1-8,11,13,18,26H,9-10,12H2,(H,27,28). The van der Waals surface area contributed by atoms with Crippen molar-refractivity contribution < 1.29 is 8.78 Å². The number of hydrogen-bond acceptors (Lipinski definition) is 2. The Balaban J connectivity index is 1.35. The molecule has 0 bridgehead atoms. The van der Waals surface area contributed by atoms with Crippen molar-refractivity contribution in [1.29, 1.82) is 0 Å². The average Bonchev–Trinajstić information content (AvgIpc) is 3.34. The van der Waals surface area contributed by atoms with Gasteiger partial charge in [0.05, 0.1) is 17.4 Å². The molecule has 140 valence electrons. The molecule has 5 heteroatoms. The average molecular weight is 375 g/mol. The van der Waals surface area contributed by atoms with Gasteiger partial charge in [0.25, 0.3) is 0 Å². The van der Waals surface area contributed by atoms with Crippen LogP contribution < -0.4 is 5.32 Å². The zero-order valence-electron chi connectivity index (χ0n) is 15.2. The molecule has 1 heterocycles. The summed E-state index contributed by atoms with van der Waals surface area (Å²) in [6.07, 6.45) is 3.42. The molecule has 0 aliphatic heterocycles. The maximum atomic E-state index is 14.8. The van der Waals surface area contributed by atoms with E-state index in [2.05, 4.69) is 27.4 Å². The van der Waals surface area contributed by atoms with Crippen LogP contribution in [0.4, 0.5) is 8.78 Å². The van der Waals surface area contributed by atoms with E-state index >= 15 is 0 Å². The molecule has 0 unspecified atom stereocenters. The van der Waals surface area contributed by atoms with Crippen LogP contribution in [0.2, 0.25) is 0 Å². The zero-order chi connectivity index (χ0) is 19.1. The number of H-pyrrole nitrogens is 1. The van der Waals surface area contributed by atoms with Crippen LogP contribution in [-0.4, -0.2) is 16.0 Å². The highest BCUT2D eigenvalue weighted by molar-refractivity contribution is 5.81. The summed E-state index contributed by atoms with van der Waals surface area (Å²) in [5.41, 5.74) is 5.48. The first-order valence-electron chi connectivity index (χ1n) is 9.39. The Bertz CT molecular complexity index is 1140. The minimum atomic E-state index is -0.812. The Morgan fingerprint density at radius 1 is 0.964 bits per heavy atom. The van der Waals surface area contributed by atoms with Crippen LogP contribution in [0.5, 0.6) is 0 Å². The van der Waals surface area contributed by atoms with E-state index < -0.39 is 11.6 Å². The van der Waals surface area contributed by atoms with Gasteiger partial charge < -0.3 is 10.3 Å². The first-order chi connectivity index (χ1) is 13.7. The summed E-state index contributed by atoms with van der Waals surface area (Å²) in [6.45, 7) is 0.307. The van der Waals surface area contributed by atoms with Gasteiger partial charge >= 0.3 is 0 Å². The van der Waals surface area contributed by atoms with Crippen molar-refractivity contribution >= 4 is 11.0 Å². The van der Waals surface area contributed by atoms with Gasteiger partial charge in [0.2, 0.25) is 0 Å². The van der Waals surface area contributed by atoms with E-state index in [0.717, 1.165) is 23.9 Å². The van der Waals surface area contributed by atoms with Gasteiger partial charge in [-0.2, -0.15) is 0 Å². The molecule has 3 aromatic carbocycles. The van der Waals surface area contributed by atoms with E-state index in [1.165, 1.54) is 11.1 Å². The summed E-state index contributed by atoms with van der Waals surface area (Å²) >= 11 is 0. The number of imidazole rings is 1. The summed E-state index contributed by atoms with van der Waals surface area (Å²) < 4.78 is 29.5. The minimum absolute atomic E-state index is 0.252. The number of nitrogens with one attached hydrogen (secondary N) is 2. The number of fused-ring (bicyclic) bond motifs is 2. The lowest BCUT2D eigenvalue weighted by Gasteiger charge is -2.14. The van der Waals surface area contributed by atoms with E-state index in [-0.39, 0.29) is 11.6 Å². The number of halogens is 2. The smallest absolute Gasteiger partial charge is 0.166 e. The van der Waals surface area contributed by atoms with Gasteiger partial charge in [-0.3, -0.25) is 0 Å². The predicted octanol–water partition coefficient (Wildman–Crippen LogP) is 4.77. The second-order valence-corrected chi connectivity index (χ2v) is 7.29. The van der Waals surface area contributed by atoms with Gasteiger partial charge in [0.15, 0.2) is 11.6 Å². The second-order valence-electron chi connectivity index (χ2n) is 7.29. The third kappa shape index (κ3) is 2.98. The SMILES string of the molecule is Fc1c(CNC2Cc3ccccc3C2)ccc(-c2ccc3nc[nH]c3c2)c1F. The van der Waals surface area contributed by atoms with Crippen molar-refractivity contribution in [2.75, 3.05) is 0 Å². The van der Waals surface area contributed by atoms with E-state index in [0.29, 0.717) is 17.7 Å². The van der Waals surface area contributed by atoms with Gasteiger partial charge in [0.1, 0.15) is 0 Å². The van der Waals surface area contributed by atoms with Crippen molar-refractivity contribution in [2.45, 2.75) is 25.4 Å². The van der Waals surface area contributed by atoms with Crippen LogP contribution in [0.1, 0.15) is 16.7 Å². The van der Waals surface area contributed by atoms with E-state index in [9.17, 15) is 8.78 Å². The molecule has 0 atom stereocenters. The van der Waals surface area contributed by atoms with Gasteiger partial charge in [-0.25, -0.2) is 13.8 Å². The molecule has 1 aliphatic rings. The summed E-state index contributed by atoms with van der Waals surface area (Å²) in [7, 11) is 0. The van der Waals surface area contributed by atoms with E-state index in [1.54, 1.807) is 36.7 Å². The summed E-state index contributed by atoms with van der Waals surface area (Å²) in [5, 5.41) is 3.37. The minimum Gasteiger partial charge on any atom is -0.345 e. The molecular formula is C23H19F2N3. The van der Waals surface area contributed by atoms with Crippen molar-refractivity contribution in [3.63, 3.8) is 0 Å². The molecule has 0 saturated carbocycles. The molecule has 0 radical (unpaired) electrons. The first-order valence-corrected chi connectivity index (χ1v) is 9.39. The molecule has 0 saturated heterocycles. The van der Waals surface area contributed by atoms with Crippen LogP contribution in [-0.2, 0) is 19.4 Å². The topological polar surface area (TPSA) is 40.7 Å². The van der Waals surface area contributed by atoms with Crippen LogP contribution in [0, 0.1) is 11.6 Å². The Morgan fingerprint density at radius 2 is 1.75 bits per heavy atom. The number of aromatic amines is 1. The zero-order valence-corrected chi connectivity index (χ0v) is 15.2. The monoisotopic (exact) mass is 375 g/mol. The summed E-state index contributed by atoms with van der Waals surface area (Å²) in [5.74, 6) is -1.60. The van der Waals surface area contributed by atoms with Crippen molar-refractivity contribution in [3.8, 4) is 11.1 Å². The van der Waals surface area contributed by atoms with Crippen molar-refractivity contribution in [2.24, 2.45) is 0 Å². The van der Waals surface area contributed by atoms with Crippen LogP contribution in [0.15, 0.2) is 60.9 Å². The largest absolute Gasteiger partial charge is 0.345 e.